The third kappa shape index (κ3) is 4.17. The number of benzene rings is 1. The van der Waals surface area contributed by atoms with Crippen LogP contribution in [0.1, 0.15) is 43.7 Å². The zero-order chi connectivity index (χ0) is 18.0. The molecule has 0 radical (unpaired) electrons. The van der Waals surface area contributed by atoms with Gasteiger partial charge in [0.25, 0.3) is 0 Å². The average Bonchev–Trinajstić information content (AvgIpc) is 3.30. The minimum Gasteiger partial charge on any atom is -0.616 e. The molecule has 1 saturated carbocycles. The quantitative estimate of drug-likeness (QED) is 0.647. The molecule has 0 saturated heterocycles. The Hall–Kier alpha value is -1.97. The summed E-state index contributed by atoms with van der Waals surface area (Å²) in [5.74, 6) is 5.89. The summed E-state index contributed by atoms with van der Waals surface area (Å²) in [6.45, 7) is 1.49. The Labute approximate surface area is 150 Å². The number of aliphatic carboxylic acids is 1. The lowest BCUT2D eigenvalue weighted by Crippen LogP contribution is -2.45. The van der Waals surface area contributed by atoms with E-state index < -0.39 is 21.9 Å². The van der Waals surface area contributed by atoms with Crippen LogP contribution < -0.4 is 0 Å². The van der Waals surface area contributed by atoms with Crippen molar-refractivity contribution in [2.24, 2.45) is 11.1 Å². The summed E-state index contributed by atoms with van der Waals surface area (Å²) in [4.78, 5) is 16.9. The molecule has 5 nitrogen and oxygen atoms in total. The van der Waals surface area contributed by atoms with Crippen LogP contribution in [0.3, 0.4) is 0 Å². The summed E-state index contributed by atoms with van der Waals surface area (Å²) in [7, 11) is 0. The van der Waals surface area contributed by atoms with Crippen LogP contribution in [-0.4, -0.2) is 38.4 Å². The Morgan fingerprint density at radius 3 is 2.68 bits per heavy atom. The fourth-order valence-electron chi connectivity index (χ4n) is 2.63. The number of hydrogen-bond donors (Lipinski definition) is 1. The molecule has 3 rings (SSSR count). The number of carbonyl (C=O) groups is 1. The molecule has 1 heterocycles. The van der Waals surface area contributed by atoms with Crippen molar-refractivity contribution in [3.63, 3.8) is 0 Å². The molecule has 3 atom stereocenters. The van der Waals surface area contributed by atoms with E-state index >= 15 is 0 Å². The Kier molecular flexibility index (Phi) is 5.07. The first kappa shape index (κ1) is 17.8. The monoisotopic (exact) mass is 359 g/mol. The molecule has 25 heavy (non-hydrogen) atoms. The summed E-state index contributed by atoms with van der Waals surface area (Å²) in [5.41, 5.74) is 2.70. The van der Waals surface area contributed by atoms with Gasteiger partial charge in [0.2, 0.25) is 4.75 Å². The van der Waals surface area contributed by atoms with Crippen LogP contribution >= 0.6 is 0 Å². The van der Waals surface area contributed by atoms with Crippen LogP contribution in [-0.2, 0) is 20.8 Å². The molecule has 1 aliphatic heterocycles. The van der Waals surface area contributed by atoms with Gasteiger partial charge in [0.15, 0.2) is 0 Å². The van der Waals surface area contributed by atoms with Crippen molar-refractivity contribution in [2.45, 2.75) is 43.5 Å². The fraction of sp³-hybridized carbons (Fsp3) is 0.474. The van der Waals surface area contributed by atoms with Crippen molar-refractivity contribution < 1.29 is 19.3 Å². The van der Waals surface area contributed by atoms with E-state index in [9.17, 15) is 14.5 Å². The third-order valence-electron chi connectivity index (χ3n) is 4.65. The van der Waals surface area contributed by atoms with Crippen LogP contribution in [0.25, 0.3) is 0 Å². The molecule has 0 bridgehead atoms. The SMILES string of the molecule is C[S+]([O-])[C@](C)(C[C@H]1CC(c2ccc(C#CC3CC3)cc2)=NO1)C(=O)O. The highest BCUT2D eigenvalue weighted by Gasteiger charge is 2.46. The van der Waals surface area contributed by atoms with Gasteiger partial charge in [0.05, 0.1) is 12.0 Å². The van der Waals surface area contributed by atoms with E-state index in [-0.39, 0.29) is 12.5 Å². The van der Waals surface area contributed by atoms with Gasteiger partial charge in [-0.3, -0.25) is 0 Å². The van der Waals surface area contributed by atoms with Crippen LogP contribution in [0.4, 0.5) is 0 Å². The van der Waals surface area contributed by atoms with Gasteiger partial charge in [-0.05, 0) is 48.6 Å². The van der Waals surface area contributed by atoms with Crippen molar-refractivity contribution in [2.75, 3.05) is 6.26 Å². The van der Waals surface area contributed by atoms with Gasteiger partial charge < -0.3 is 14.5 Å². The number of oxime groups is 1. The number of hydrogen-bond acceptors (Lipinski definition) is 4. The highest BCUT2D eigenvalue weighted by Crippen LogP contribution is 2.30. The number of nitrogens with zero attached hydrogens (tertiary/aromatic N) is 1. The molecule has 1 N–H and O–H groups in total. The topological polar surface area (TPSA) is 82.0 Å². The van der Waals surface area contributed by atoms with Crippen molar-refractivity contribution in [1.82, 2.24) is 0 Å². The highest BCUT2D eigenvalue weighted by atomic mass is 32.2. The zero-order valence-corrected chi connectivity index (χ0v) is 15.1. The summed E-state index contributed by atoms with van der Waals surface area (Å²) in [6.07, 6.45) is 4.11. The molecule has 1 fully saturated rings. The molecule has 0 amide bonds. The largest absolute Gasteiger partial charge is 0.616 e. The molecule has 1 aromatic carbocycles. The van der Waals surface area contributed by atoms with Crippen LogP contribution in [0.5, 0.6) is 0 Å². The van der Waals surface area contributed by atoms with Crippen LogP contribution in [0.15, 0.2) is 29.4 Å². The molecule has 0 aromatic heterocycles. The van der Waals surface area contributed by atoms with Crippen LogP contribution in [0.2, 0.25) is 0 Å². The standard InChI is InChI=1S/C19H21NO4S/c1-19(18(21)22,25(2)23)12-16-11-17(20-24-16)15-9-7-14(8-10-15)6-5-13-3-4-13/h7-10,13,16H,3-4,11-12H2,1-2H3,(H,21,22)/t16-,19-,25?/m1/s1. The predicted octanol–water partition coefficient (Wildman–Crippen LogP) is 2.55. The van der Waals surface area contributed by atoms with E-state index in [1.54, 1.807) is 0 Å². The zero-order valence-electron chi connectivity index (χ0n) is 14.3. The predicted molar refractivity (Wildman–Crippen MR) is 96.8 cm³/mol. The molecule has 6 heteroatoms. The summed E-state index contributed by atoms with van der Waals surface area (Å²) < 4.78 is 10.5. The Morgan fingerprint density at radius 1 is 1.44 bits per heavy atom. The lowest BCUT2D eigenvalue weighted by atomic mass is 9.97. The van der Waals surface area contributed by atoms with E-state index in [4.69, 9.17) is 4.84 Å². The van der Waals surface area contributed by atoms with E-state index in [2.05, 4.69) is 17.0 Å². The van der Waals surface area contributed by atoms with Crippen LogP contribution in [0, 0.1) is 17.8 Å². The molecule has 2 aliphatic rings. The summed E-state index contributed by atoms with van der Waals surface area (Å²) in [5, 5.41) is 13.5. The third-order valence-corrected chi connectivity index (χ3v) is 6.26. The molecule has 1 unspecified atom stereocenters. The molecule has 1 aromatic rings. The first-order chi connectivity index (χ1) is 11.9. The first-order valence-corrected chi connectivity index (χ1v) is 9.86. The molecular formula is C19H21NO4S. The smallest absolute Gasteiger partial charge is 0.360 e. The van der Waals surface area contributed by atoms with Crippen molar-refractivity contribution in [3.8, 4) is 11.8 Å². The number of rotatable bonds is 5. The second kappa shape index (κ2) is 7.11. The maximum atomic E-state index is 11.8. The van der Waals surface area contributed by atoms with Gasteiger partial charge in [-0.25, -0.2) is 4.79 Å². The van der Waals surface area contributed by atoms with E-state index in [0.29, 0.717) is 12.3 Å². The second-order valence-corrected chi connectivity index (χ2v) is 8.59. The normalized spacial score (nSPS) is 22.8. The minimum absolute atomic E-state index is 0.156. The lowest BCUT2D eigenvalue weighted by molar-refractivity contribution is -0.140. The number of carboxylic acid groups (broad SMARTS) is 1. The van der Waals surface area contributed by atoms with Crippen molar-refractivity contribution >= 4 is 22.9 Å². The Bertz CT molecular complexity index is 743. The van der Waals surface area contributed by atoms with Gasteiger partial charge >= 0.3 is 5.97 Å². The summed E-state index contributed by atoms with van der Waals surface area (Å²) in [6, 6.07) is 7.83. The maximum Gasteiger partial charge on any atom is 0.360 e. The minimum atomic E-state index is -1.50. The fourth-order valence-corrected chi connectivity index (χ4v) is 3.30. The van der Waals surface area contributed by atoms with E-state index in [0.717, 1.165) is 16.8 Å². The first-order valence-electron chi connectivity index (χ1n) is 8.30. The van der Waals surface area contributed by atoms with Gasteiger partial charge in [-0.2, -0.15) is 0 Å². The molecule has 1 aliphatic carbocycles. The average molecular weight is 359 g/mol. The van der Waals surface area contributed by atoms with Gasteiger partial charge in [-0.1, -0.05) is 29.1 Å². The molecule has 0 spiro atoms. The lowest BCUT2D eigenvalue weighted by Gasteiger charge is -2.27. The second-order valence-electron chi connectivity index (χ2n) is 6.78. The molecule has 132 valence electrons. The Morgan fingerprint density at radius 2 is 2.12 bits per heavy atom. The Balaban J connectivity index is 1.62. The van der Waals surface area contributed by atoms with Gasteiger partial charge in [-0.15, -0.1) is 0 Å². The van der Waals surface area contributed by atoms with Crippen molar-refractivity contribution in [3.05, 3.63) is 35.4 Å². The summed E-state index contributed by atoms with van der Waals surface area (Å²) >= 11 is -1.50. The number of carboxylic acids is 1. The van der Waals surface area contributed by atoms with E-state index in [1.165, 1.54) is 26.0 Å². The molecular weight excluding hydrogens is 338 g/mol. The maximum absolute atomic E-state index is 11.8. The van der Waals surface area contributed by atoms with E-state index in [1.807, 2.05) is 24.3 Å². The van der Waals surface area contributed by atoms with Gasteiger partial charge in [0, 0.05) is 24.3 Å². The highest BCUT2D eigenvalue weighted by molar-refractivity contribution is 7.92. The van der Waals surface area contributed by atoms with Crippen molar-refractivity contribution in [1.29, 1.82) is 0 Å². The van der Waals surface area contributed by atoms with Gasteiger partial charge in [0.1, 0.15) is 6.10 Å².